The summed E-state index contributed by atoms with van der Waals surface area (Å²) in [6.07, 6.45) is 2.67. The number of nitrogens with one attached hydrogen (secondary N) is 1. The highest BCUT2D eigenvalue weighted by Gasteiger charge is 2.19. The lowest BCUT2D eigenvalue weighted by molar-refractivity contribution is 0.241. The number of nitrogens with zero attached hydrogens (tertiary/aromatic N) is 2. The van der Waals surface area contributed by atoms with Crippen LogP contribution >= 0.6 is 12.4 Å². The summed E-state index contributed by atoms with van der Waals surface area (Å²) in [6, 6.07) is 6.87. The van der Waals surface area contributed by atoms with Gasteiger partial charge in [0.15, 0.2) is 0 Å². The maximum Gasteiger partial charge on any atom is 0.123 e. The molecule has 21 heavy (non-hydrogen) atoms. The van der Waals surface area contributed by atoms with Crippen LogP contribution < -0.4 is 10.2 Å². The molecule has 0 bridgehead atoms. The van der Waals surface area contributed by atoms with Crippen LogP contribution in [0.25, 0.3) is 0 Å². The first-order chi connectivity index (χ1) is 9.81. The number of hydrogen-bond acceptors (Lipinski definition) is 3. The second-order valence-corrected chi connectivity index (χ2v) is 5.95. The minimum atomic E-state index is -0.155. The molecule has 1 aromatic carbocycles. The van der Waals surface area contributed by atoms with E-state index in [9.17, 15) is 4.39 Å². The zero-order chi connectivity index (χ0) is 13.8. The molecule has 3 rings (SSSR count). The van der Waals surface area contributed by atoms with Gasteiger partial charge in [-0.3, -0.25) is 4.90 Å². The first-order valence-corrected chi connectivity index (χ1v) is 7.75. The Balaban J connectivity index is 0.00000161. The first kappa shape index (κ1) is 16.5. The molecule has 2 saturated heterocycles. The predicted molar refractivity (Wildman–Crippen MR) is 87.9 cm³/mol. The van der Waals surface area contributed by atoms with Crippen molar-refractivity contribution in [2.24, 2.45) is 5.92 Å². The molecule has 0 spiro atoms. The van der Waals surface area contributed by atoms with E-state index in [0.717, 1.165) is 37.8 Å². The molecule has 1 N–H and O–H groups in total. The molecule has 5 heteroatoms. The second-order valence-electron chi connectivity index (χ2n) is 5.95. The van der Waals surface area contributed by atoms with Crippen LogP contribution in [0.5, 0.6) is 0 Å². The Morgan fingerprint density at radius 1 is 1.10 bits per heavy atom. The number of hydrogen-bond donors (Lipinski definition) is 1. The molecule has 2 fully saturated rings. The second kappa shape index (κ2) is 7.97. The van der Waals surface area contributed by atoms with Crippen molar-refractivity contribution in [1.29, 1.82) is 0 Å². The van der Waals surface area contributed by atoms with E-state index in [4.69, 9.17) is 0 Å². The van der Waals surface area contributed by atoms with Crippen LogP contribution in [0, 0.1) is 11.7 Å². The van der Waals surface area contributed by atoms with Gasteiger partial charge in [0, 0.05) is 31.9 Å². The third-order valence-electron chi connectivity index (χ3n) is 4.58. The molecule has 0 saturated carbocycles. The lowest BCUT2D eigenvalue weighted by Gasteiger charge is -2.36. The van der Waals surface area contributed by atoms with Gasteiger partial charge in [0.25, 0.3) is 0 Å². The standard InChI is InChI=1S/C16H24FN3.ClH/c17-15-1-3-16(4-2-15)20-11-9-19(10-12-20)8-6-14-5-7-18-13-14;/h1-4,14,18H,5-13H2;1H. The number of rotatable bonds is 4. The van der Waals surface area contributed by atoms with Crippen molar-refractivity contribution in [2.45, 2.75) is 12.8 Å². The molecule has 0 aromatic heterocycles. The molecule has 2 aliphatic rings. The van der Waals surface area contributed by atoms with Crippen LogP contribution in [0.15, 0.2) is 24.3 Å². The molecular formula is C16H25ClFN3. The highest BCUT2D eigenvalue weighted by atomic mass is 35.5. The summed E-state index contributed by atoms with van der Waals surface area (Å²) >= 11 is 0. The summed E-state index contributed by atoms with van der Waals surface area (Å²) in [4.78, 5) is 4.92. The van der Waals surface area contributed by atoms with E-state index in [0.29, 0.717) is 0 Å². The van der Waals surface area contributed by atoms with Crippen LogP contribution in [0.4, 0.5) is 10.1 Å². The van der Waals surface area contributed by atoms with Crippen LogP contribution in [-0.2, 0) is 0 Å². The Kier molecular flexibility index (Phi) is 6.27. The largest absolute Gasteiger partial charge is 0.369 e. The smallest absolute Gasteiger partial charge is 0.123 e. The van der Waals surface area contributed by atoms with Gasteiger partial charge in [0.05, 0.1) is 0 Å². The highest BCUT2D eigenvalue weighted by molar-refractivity contribution is 5.85. The van der Waals surface area contributed by atoms with Crippen molar-refractivity contribution < 1.29 is 4.39 Å². The predicted octanol–water partition coefficient (Wildman–Crippen LogP) is 2.37. The fourth-order valence-corrected chi connectivity index (χ4v) is 3.21. The van der Waals surface area contributed by atoms with Crippen molar-refractivity contribution in [3.63, 3.8) is 0 Å². The maximum atomic E-state index is 12.9. The minimum absolute atomic E-state index is 0. The zero-order valence-corrected chi connectivity index (χ0v) is 13.2. The maximum absolute atomic E-state index is 12.9. The molecule has 0 aliphatic carbocycles. The van der Waals surface area contributed by atoms with Crippen molar-refractivity contribution >= 4 is 18.1 Å². The van der Waals surface area contributed by atoms with E-state index >= 15 is 0 Å². The van der Waals surface area contributed by atoms with Crippen LogP contribution in [-0.4, -0.2) is 50.7 Å². The lowest BCUT2D eigenvalue weighted by Crippen LogP contribution is -2.46. The van der Waals surface area contributed by atoms with Gasteiger partial charge in [-0.05, 0) is 62.7 Å². The Labute approximate surface area is 132 Å². The van der Waals surface area contributed by atoms with E-state index in [-0.39, 0.29) is 18.2 Å². The molecular weight excluding hydrogens is 289 g/mol. The van der Waals surface area contributed by atoms with E-state index in [2.05, 4.69) is 15.1 Å². The van der Waals surface area contributed by atoms with E-state index in [1.807, 2.05) is 12.1 Å². The van der Waals surface area contributed by atoms with Gasteiger partial charge in [-0.25, -0.2) is 4.39 Å². The molecule has 3 nitrogen and oxygen atoms in total. The zero-order valence-electron chi connectivity index (χ0n) is 12.4. The van der Waals surface area contributed by atoms with Gasteiger partial charge in [-0.1, -0.05) is 0 Å². The molecule has 0 radical (unpaired) electrons. The quantitative estimate of drug-likeness (QED) is 0.920. The fraction of sp³-hybridized carbons (Fsp3) is 0.625. The van der Waals surface area contributed by atoms with Crippen LogP contribution in [0.1, 0.15) is 12.8 Å². The summed E-state index contributed by atoms with van der Waals surface area (Å²) in [6.45, 7) is 7.97. The molecule has 0 amide bonds. The van der Waals surface area contributed by atoms with Gasteiger partial charge < -0.3 is 10.2 Å². The topological polar surface area (TPSA) is 18.5 Å². The number of anilines is 1. The monoisotopic (exact) mass is 313 g/mol. The van der Waals surface area contributed by atoms with Gasteiger partial charge in [0.2, 0.25) is 0 Å². The van der Waals surface area contributed by atoms with Crippen molar-refractivity contribution in [3.05, 3.63) is 30.1 Å². The summed E-state index contributed by atoms with van der Waals surface area (Å²) in [5, 5.41) is 3.44. The first-order valence-electron chi connectivity index (χ1n) is 7.75. The van der Waals surface area contributed by atoms with Gasteiger partial charge in [-0.15, -0.1) is 12.4 Å². The van der Waals surface area contributed by atoms with Gasteiger partial charge in [-0.2, -0.15) is 0 Å². The Hall–Kier alpha value is -0.840. The van der Waals surface area contributed by atoms with Crippen LogP contribution in [0.3, 0.4) is 0 Å². The van der Waals surface area contributed by atoms with Crippen molar-refractivity contribution in [3.8, 4) is 0 Å². The number of benzene rings is 1. The average molecular weight is 314 g/mol. The molecule has 2 heterocycles. The number of piperazine rings is 1. The minimum Gasteiger partial charge on any atom is -0.369 e. The van der Waals surface area contributed by atoms with Gasteiger partial charge in [0.1, 0.15) is 5.82 Å². The Morgan fingerprint density at radius 2 is 1.81 bits per heavy atom. The van der Waals surface area contributed by atoms with Crippen molar-refractivity contribution in [1.82, 2.24) is 10.2 Å². The van der Waals surface area contributed by atoms with E-state index in [1.54, 1.807) is 12.1 Å². The molecule has 1 atom stereocenters. The molecule has 118 valence electrons. The normalized spacial score (nSPS) is 23.1. The fourth-order valence-electron chi connectivity index (χ4n) is 3.21. The summed E-state index contributed by atoms with van der Waals surface area (Å²) in [5.74, 6) is 0.725. The summed E-state index contributed by atoms with van der Waals surface area (Å²) in [5.41, 5.74) is 1.14. The van der Waals surface area contributed by atoms with Crippen molar-refractivity contribution in [2.75, 3.05) is 50.7 Å². The Morgan fingerprint density at radius 3 is 2.43 bits per heavy atom. The average Bonchev–Trinajstić information content (AvgIpc) is 3.00. The summed E-state index contributed by atoms with van der Waals surface area (Å²) in [7, 11) is 0. The third kappa shape index (κ3) is 4.56. The molecule has 2 aliphatic heterocycles. The molecule has 1 unspecified atom stereocenters. The highest BCUT2D eigenvalue weighted by Crippen LogP contribution is 2.18. The van der Waals surface area contributed by atoms with E-state index < -0.39 is 0 Å². The number of halogens is 2. The Bertz CT molecular complexity index is 412. The SMILES string of the molecule is Cl.Fc1ccc(N2CCN(CCC3CCNC3)CC2)cc1. The van der Waals surface area contributed by atoms with E-state index in [1.165, 1.54) is 32.5 Å². The summed E-state index contributed by atoms with van der Waals surface area (Å²) < 4.78 is 12.9. The third-order valence-corrected chi connectivity index (χ3v) is 4.58. The van der Waals surface area contributed by atoms with Gasteiger partial charge >= 0.3 is 0 Å². The lowest BCUT2D eigenvalue weighted by atomic mass is 10.0. The molecule has 1 aromatic rings. The van der Waals surface area contributed by atoms with Crippen LogP contribution in [0.2, 0.25) is 0 Å².